The van der Waals surface area contributed by atoms with Crippen LogP contribution in [-0.4, -0.2) is 22.9 Å². The van der Waals surface area contributed by atoms with E-state index in [-0.39, 0.29) is 11.8 Å². The molecule has 1 unspecified atom stereocenters. The Labute approximate surface area is 120 Å². The largest absolute Gasteiger partial charge is 0.573 e. The maximum Gasteiger partial charge on any atom is 0.573 e. The summed E-state index contributed by atoms with van der Waals surface area (Å²) in [7, 11) is 0. The van der Waals surface area contributed by atoms with Crippen LogP contribution in [0.3, 0.4) is 0 Å². The molecular weight excluding hydrogens is 283 g/mol. The number of hydrogen-bond acceptors (Lipinski definition) is 3. The molecule has 7 heteroatoms. The Balaban J connectivity index is 2.25. The third-order valence-electron chi connectivity index (χ3n) is 2.82. The molecule has 0 saturated carbocycles. The van der Waals surface area contributed by atoms with Gasteiger partial charge in [-0.1, -0.05) is 19.1 Å². The number of alkyl halides is 3. The third-order valence-corrected chi connectivity index (χ3v) is 2.82. The molecule has 1 heterocycles. The summed E-state index contributed by atoms with van der Waals surface area (Å²) in [5.41, 5.74) is 0.653. The fraction of sp³-hybridized carbons (Fsp3) is 0.357. The molecular formula is C14H16F3N3O. The highest BCUT2D eigenvalue weighted by Crippen LogP contribution is 2.27. The van der Waals surface area contributed by atoms with Crippen molar-refractivity contribution < 1.29 is 17.9 Å². The number of halogens is 3. The van der Waals surface area contributed by atoms with Gasteiger partial charge in [-0.25, -0.2) is 4.98 Å². The van der Waals surface area contributed by atoms with Crippen molar-refractivity contribution in [3.8, 4) is 5.75 Å². The molecule has 2 aromatic rings. The van der Waals surface area contributed by atoms with E-state index in [4.69, 9.17) is 0 Å². The molecule has 2 rings (SSSR count). The highest BCUT2D eigenvalue weighted by Gasteiger charge is 2.31. The first-order valence-electron chi connectivity index (χ1n) is 6.58. The fourth-order valence-corrected chi connectivity index (χ4v) is 1.99. The van der Waals surface area contributed by atoms with E-state index >= 15 is 0 Å². The maximum absolute atomic E-state index is 12.3. The molecule has 1 aromatic carbocycles. The smallest absolute Gasteiger partial charge is 0.406 e. The molecule has 0 fully saturated rings. The average Bonchev–Trinajstić information content (AvgIpc) is 2.91. The lowest BCUT2D eigenvalue weighted by Gasteiger charge is -2.18. The zero-order valence-electron chi connectivity index (χ0n) is 11.4. The summed E-state index contributed by atoms with van der Waals surface area (Å²) in [6, 6.07) is 5.59. The van der Waals surface area contributed by atoms with Crippen LogP contribution in [0.2, 0.25) is 0 Å². The van der Waals surface area contributed by atoms with Crippen molar-refractivity contribution in [1.82, 2.24) is 15.3 Å². The van der Waals surface area contributed by atoms with Gasteiger partial charge in [0, 0.05) is 12.4 Å². The predicted octanol–water partition coefficient (Wildman–Crippen LogP) is 3.40. The van der Waals surface area contributed by atoms with Crippen LogP contribution in [0.4, 0.5) is 13.2 Å². The van der Waals surface area contributed by atoms with Crippen molar-refractivity contribution in [2.45, 2.75) is 25.7 Å². The Morgan fingerprint density at radius 2 is 2.19 bits per heavy atom. The van der Waals surface area contributed by atoms with E-state index < -0.39 is 6.36 Å². The molecule has 114 valence electrons. The van der Waals surface area contributed by atoms with Gasteiger partial charge >= 0.3 is 6.36 Å². The molecule has 4 nitrogen and oxygen atoms in total. The zero-order valence-corrected chi connectivity index (χ0v) is 11.4. The minimum Gasteiger partial charge on any atom is -0.406 e. The van der Waals surface area contributed by atoms with Crippen LogP contribution in [0.25, 0.3) is 0 Å². The van der Waals surface area contributed by atoms with Crippen molar-refractivity contribution in [2.24, 2.45) is 0 Å². The fourth-order valence-electron chi connectivity index (χ4n) is 1.99. The number of benzene rings is 1. The van der Waals surface area contributed by atoms with Crippen molar-refractivity contribution in [2.75, 3.05) is 6.54 Å². The molecule has 21 heavy (non-hydrogen) atoms. The number of imidazole rings is 1. The summed E-state index contributed by atoms with van der Waals surface area (Å²) in [4.78, 5) is 7.14. The molecule has 0 bridgehead atoms. The highest BCUT2D eigenvalue weighted by molar-refractivity contribution is 5.33. The van der Waals surface area contributed by atoms with Crippen molar-refractivity contribution in [3.05, 3.63) is 48.0 Å². The molecule has 0 radical (unpaired) electrons. The third kappa shape index (κ3) is 4.49. The van der Waals surface area contributed by atoms with Gasteiger partial charge < -0.3 is 15.0 Å². The van der Waals surface area contributed by atoms with Crippen LogP contribution < -0.4 is 10.1 Å². The van der Waals surface area contributed by atoms with Crippen LogP contribution in [0.15, 0.2) is 36.7 Å². The number of ether oxygens (including phenoxy) is 1. The molecule has 0 spiro atoms. The van der Waals surface area contributed by atoms with Crippen LogP contribution in [0, 0.1) is 0 Å². The number of aromatic nitrogens is 2. The van der Waals surface area contributed by atoms with Gasteiger partial charge in [-0.2, -0.15) is 0 Å². The summed E-state index contributed by atoms with van der Waals surface area (Å²) in [6.07, 6.45) is -0.524. The van der Waals surface area contributed by atoms with Crippen LogP contribution in [0.1, 0.15) is 30.8 Å². The minimum atomic E-state index is -4.70. The second-order valence-corrected chi connectivity index (χ2v) is 4.48. The number of rotatable bonds is 6. The van der Waals surface area contributed by atoms with Gasteiger partial charge in [0.15, 0.2) is 0 Å². The lowest BCUT2D eigenvalue weighted by atomic mass is 10.1. The summed E-state index contributed by atoms with van der Waals surface area (Å²) < 4.78 is 40.8. The highest BCUT2D eigenvalue weighted by atomic mass is 19.4. The summed E-state index contributed by atoms with van der Waals surface area (Å²) in [5, 5.41) is 3.25. The minimum absolute atomic E-state index is 0.241. The van der Waals surface area contributed by atoms with Gasteiger partial charge in [-0.15, -0.1) is 13.2 Å². The first-order chi connectivity index (χ1) is 9.99. The van der Waals surface area contributed by atoms with Gasteiger partial charge in [-0.3, -0.25) is 0 Å². The Morgan fingerprint density at radius 3 is 2.81 bits per heavy atom. The molecule has 0 saturated heterocycles. The summed E-state index contributed by atoms with van der Waals surface area (Å²) >= 11 is 0. The lowest BCUT2D eigenvalue weighted by molar-refractivity contribution is -0.274. The Kier molecular flexibility index (Phi) is 4.85. The molecule has 0 amide bonds. The number of nitrogens with zero attached hydrogens (tertiary/aromatic N) is 1. The lowest BCUT2D eigenvalue weighted by Crippen LogP contribution is -2.24. The van der Waals surface area contributed by atoms with E-state index in [9.17, 15) is 13.2 Å². The van der Waals surface area contributed by atoms with Crippen LogP contribution in [0.5, 0.6) is 5.75 Å². The van der Waals surface area contributed by atoms with Crippen LogP contribution >= 0.6 is 0 Å². The van der Waals surface area contributed by atoms with E-state index in [1.807, 2.05) is 6.92 Å². The van der Waals surface area contributed by atoms with E-state index in [1.54, 1.807) is 18.5 Å². The SMILES string of the molecule is CCCNC(c1cccc(OC(F)(F)F)c1)c1ncc[nH]1. The normalized spacial score (nSPS) is 13.1. The standard InChI is InChI=1S/C14H16F3N3O/c1-2-6-18-12(13-19-7-8-20-13)10-4-3-5-11(9-10)21-14(15,16)17/h3-5,7-9,12,18H,2,6H2,1H3,(H,19,20). The Hall–Kier alpha value is -2.02. The summed E-state index contributed by atoms with van der Waals surface area (Å²) in [5.74, 6) is 0.405. The van der Waals surface area contributed by atoms with Crippen molar-refractivity contribution in [1.29, 1.82) is 0 Å². The molecule has 0 aliphatic heterocycles. The topological polar surface area (TPSA) is 49.9 Å². The number of hydrogen-bond donors (Lipinski definition) is 2. The number of H-pyrrole nitrogens is 1. The second kappa shape index (κ2) is 6.62. The molecule has 1 aromatic heterocycles. The van der Waals surface area contributed by atoms with Crippen LogP contribution in [-0.2, 0) is 0 Å². The molecule has 2 N–H and O–H groups in total. The van der Waals surface area contributed by atoms with Gasteiger partial charge in [0.1, 0.15) is 11.6 Å². The first-order valence-corrected chi connectivity index (χ1v) is 6.58. The van der Waals surface area contributed by atoms with Gasteiger partial charge in [-0.05, 0) is 30.7 Å². The van der Waals surface area contributed by atoms with Crippen molar-refractivity contribution in [3.63, 3.8) is 0 Å². The first kappa shape index (κ1) is 15.4. The molecule has 1 atom stereocenters. The van der Waals surface area contributed by atoms with Gasteiger partial charge in [0.25, 0.3) is 0 Å². The Morgan fingerprint density at radius 1 is 1.38 bits per heavy atom. The van der Waals surface area contributed by atoms with E-state index in [1.165, 1.54) is 18.2 Å². The number of nitrogens with one attached hydrogen (secondary N) is 2. The van der Waals surface area contributed by atoms with E-state index in [0.717, 1.165) is 13.0 Å². The monoisotopic (exact) mass is 299 g/mol. The quantitative estimate of drug-likeness (QED) is 0.859. The van der Waals surface area contributed by atoms with Gasteiger partial charge in [0.05, 0.1) is 6.04 Å². The van der Waals surface area contributed by atoms with E-state index in [2.05, 4.69) is 20.0 Å². The molecule has 0 aliphatic carbocycles. The van der Waals surface area contributed by atoms with E-state index in [0.29, 0.717) is 11.4 Å². The molecule has 0 aliphatic rings. The van der Waals surface area contributed by atoms with Gasteiger partial charge in [0.2, 0.25) is 0 Å². The predicted molar refractivity (Wildman–Crippen MR) is 71.8 cm³/mol. The van der Waals surface area contributed by atoms with Crippen molar-refractivity contribution >= 4 is 0 Å². The second-order valence-electron chi connectivity index (χ2n) is 4.48. The summed E-state index contributed by atoms with van der Waals surface area (Å²) in [6.45, 7) is 2.73. The maximum atomic E-state index is 12.3. The average molecular weight is 299 g/mol. The zero-order chi connectivity index (χ0) is 15.3. The number of aromatic amines is 1. The Bertz CT molecular complexity index is 555.